The van der Waals surface area contributed by atoms with Crippen molar-refractivity contribution in [3.8, 4) is 0 Å². The van der Waals surface area contributed by atoms with Crippen LogP contribution in [0.25, 0.3) is 0 Å². The second kappa shape index (κ2) is 69.9. The summed E-state index contributed by atoms with van der Waals surface area (Å²) in [6.45, 7) is 4.70. The van der Waals surface area contributed by atoms with E-state index >= 15 is 0 Å². The number of quaternary nitrogens is 1. The zero-order valence-corrected chi connectivity index (χ0v) is 58.9. The van der Waals surface area contributed by atoms with E-state index in [0.29, 0.717) is 17.4 Å². The van der Waals surface area contributed by atoms with E-state index in [2.05, 4.69) is 74.6 Å². The number of esters is 2. The lowest BCUT2D eigenvalue weighted by Crippen LogP contribution is -2.44. The van der Waals surface area contributed by atoms with E-state index in [1.807, 2.05) is 21.1 Å². The number of carbonyl (C=O) groups is 3. The quantitative estimate of drug-likeness (QED) is 0.0195. The van der Waals surface area contributed by atoms with E-state index in [0.717, 1.165) is 70.6 Å². The average Bonchev–Trinajstić information content (AvgIpc) is 3.55. The van der Waals surface area contributed by atoms with Crippen LogP contribution in [0.3, 0.4) is 0 Å². The molecule has 0 saturated heterocycles. The summed E-state index contributed by atoms with van der Waals surface area (Å²) in [5, 5.41) is 11.8. The summed E-state index contributed by atoms with van der Waals surface area (Å²) in [6, 6.07) is 0. The third-order valence-electron chi connectivity index (χ3n) is 17.0. The molecule has 0 spiro atoms. The fourth-order valence-electron chi connectivity index (χ4n) is 11.3. The zero-order valence-electron chi connectivity index (χ0n) is 58.9. The molecule has 0 amide bonds. The van der Waals surface area contributed by atoms with Crippen LogP contribution in [0.5, 0.6) is 0 Å². The Morgan fingerprint density at radius 3 is 0.966 bits per heavy atom. The fraction of sp³-hybridized carbons (Fsp3) is 0.835. The predicted octanol–water partition coefficient (Wildman–Crippen LogP) is 22.5. The van der Waals surface area contributed by atoms with Gasteiger partial charge in [-0.05, 0) is 57.8 Å². The Labute approximate surface area is 545 Å². The van der Waals surface area contributed by atoms with E-state index in [1.165, 1.54) is 270 Å². The minimum absolute atomic E-state index is 0.151. The van der Waals surface area contributed by atoms with Crippen molar-refractivity contribution >= 4 is 17.9 Å². The summed E-state index contributed by atoms with van der Waals surface area (Å²) < 4.78 is 22.8. The Kier molecular flexibility index (Phi) is 67.5. The van der Waals surface area contributed by atoms with Crippen LogP contribution in [0, 0.1) is 0 Å². The molecule has 0 saturated carbocycles. The van der Waals surface area contributed by atoms with Gasteiger partial charge in [-0.1, -0.05) is 357 Å². The fourth-order valence-corrected chi connectivity index (χ4v) is 11.3. The van der Waals surface area contributed by atoms with Gasteiger partial charge in [0, 0.05) is 12.8 Å². The highest BCUT2D eigenvalue weighted by Crippen LogP contribution is 2.19. The van der Waals surface area contributed by atoms with Gasteiger partial charge in [0.05, 0.1) is 40.3 Å². The molecule has 0 bridgehead atoms. The number of carboxylic acid groups (broad SMARTS) is 1. The number of carbonyl (C=O) groups excluding carboxylic acids is 3. The van der Waals surface area contributed by atoms with Crippen LogP contribution < -0.4 is 5.11 Å². The normalized spacial score (nSPS) is 13.0. The van der Waals surface area contributed by atoms with E-state index < -0.39 is 24.3 Å². The number of aliphatic carboxylic acids is 1. The average molecular weight is 1240 g/mol. The molecule has 0 aromatic rings. The third-order valence-corrected chi connectivity index (χ3v) is 17.0. The van der Waals surface area contributed by atoms with Crippen molar-refractivity contribution in [1.29, 1.82) is 0 Å². The second-order valence-corrected chi connectivity index (χ2v) is 26.9. The number of hydrogen-bond donors (Lipinski definition) is 0. The summed E-state index contributed by atoms with van der Waals surface area (Å²) in [6.07, 6.45) is 89.1. The van der Waals surface area contributed by atoms with Gasteiger partial charge in [-0.25, -0.2) is 0 Å². The van der Waals surface area contributed by atoms with Crippen molar-refractivity contribution in [2.45, 2.75) is 379 Å². The van der Waals surface area contributed by atoms with E-state index in [9.17, 15) is 19.5 Å². The Bertz CT molecular complexity index is 1630. The summed E-state index contributed by atoms with van der Waals surface area (Å²) in [4.78, 5) is 37.5. The number of hydrogen-bond acceptors (Lipinski definition) is 8. The van der Waals surface area contributed by atoms with Crippen molar-refractivity contribution in [2.24, 2.45) is 0 Å². The lowest BCUT2D eigenvalue weighted by atomic mass is 10.0. The zero-order chi connectivity index (χ0) is 64.0. The number of nitrogens with zero attached hydrogens (tertiary/aromatic N) is 1. The van der Waals surface area contributed by atoms with Gasteiger partial charge in [-0.2, -0.15) is 0 Å². The maximum absolute atomic E-state index is 13.0. The van der Waals surface area contributed by atoms with Crippen molar-refractivity contribution < 1.29 is 42.9 Å². The summed E-state index contributed by atoms with van der Waals surface area (Å²) in [5.74, 6) is -2.25. The van der Waals surface area contributed by atoms with Gasteiger partial charge >= 0.3 is 11.9 Å². The largest absolute Gasteiger partial charge is 0.545 e. The lowest BCUT2D eigenvalue weighted by Gasteiger charge is -2.26. The molecule has 0 heterocycles. The molecule has 514 valence electrons. The minimum atomic E-state index is -1.62. The van der Waals surface area contributed by atoms with Gasteiger partial charge < -0.3 is 33.3 Å². The molecule has 0 aliphatic rings. The number of ether oxygens (including phenoxy) is 4. The first-order valence-electron chi connectivity index (χ1n) is 37.9. The first-order chi connectivity index (χ1) is 43.1. The summed E-state index contributed by atoms with van der Waals surface area (Å²) in [7, 11) is 5.95. The van der Waals surface area contributed by atoms with Crippen molar-refractivity contribution in [3.63, 3.8) is 0 Å². The molecule has 88 heavy (non-hydrogen) atoms. The maximum Gasteiger partial charge on any atom is 0.306 e. The molecular formula is C79H145NO8. The SMILES string of the molecule is CC/C=C\C/C=C\C/C=C\C/C=C\C/C=C\CCCCCCCCCCCCCCCCCCCCCCCCCCCC(=O)OC(COC(=O)CCCCCCCCCCCCCCCCCCCCCCCC)COC(OCC[N+](C)(C)C)C(=O)[O-]. The van der Waals surface area contributed by atoms with Crippen molar-refractivity contribution in [3.05, 3.63) is 60.8 Å². The number of carboxylic acids is 1. The second-order valence-electron chi connectivity index (χ2n) is 26.9. The van der Waals surface area contributed by atoms with Crippen LogP contribution in [0.15, 0.2) is 60.8 Å². The lowest BCUT2D eigenvalue weighted by molar-refractivity contribution is -0.870. The molecule has 0 aromatic carbocycles. The topological polar surface area (TPSA) is 111 Å². The number of allylic oxidation sites excluding steroid dienone is 10. The van der Waals surface area contributed by atoms with Crippen LogP contribution >= 0.6 is 0 Å². The Balaban J connectivity index is 3.95. The van der Waals surface area contributed by atoms with Crippen molar-refractivity contribution in [1.82, 2.24) is 0 Å². The first-order valence-corrected chi connectivity index (χ1v) is 37.9. The maximum atomic E-state index is 13.0. The van der Waals surface area contributed by atoms with Crippen LogP contribution in [0.2, 0.25) is 0 Å². The summed E-state index contributed by atoms with van der Waals surface area (Å²) >= 11 is 0. The highest BCUT2D eigenvalue weighted by Gasteiger charge is 2.22. The van der Waals surface area contributed by atoms with Gasteiger partial charge in [0.1, 0.15) is 13.2 Å². The molecular weight excluding hydrogens is 1090 g/mol. The Morgan fingerprint density at radius 2 is 0.648 bits per heavy atom. The van der Waals surface area contributed by atoms with Gasteiger partial charge in [-0.15, -0.1) is 0 Å². The van der Waals surface area contributed by atoms with Gasteiger partial charge in [-0.3, -0.25) is 9.59 Å². The minimum Gasteiger partial charge on any atom is -0.545 e. The molecule has 9 nitrogen and oxygen atoms in total. The van der Waals surface area contributed by atoms with Crippen LogP contribution in [0.4, 0.5) is 0 Å². The van der Waals surface area contributed by atoms with Gasteiger partial charge in [0.15, 0.2) is 12.4 Å². The van der Waals surface area contributed by atoms with E-state index in [1.54, 1.807) is 0 Å². The van der Waals surface area contributed by atoms with E-state index in [-0.39, 0.29) is 32.2 Å². The molecule has 9 heteroatoms. The molecule has 2 unspecified atom stereocenters. The molecule has 0 aliphatic heterocycles. The molecule has 0 aromatic heterocycles. The molecule has 0 N–H and O–H groups in total. The molecule has 0 fully saturated rings. The number of likely N-dealkylation sites (N-methyl/N-ethyl adjacent to an activating group) is 1. The van der Waals surface area contributed by atoms with Crippen LogP contribution in [0.1, 0.15) is 367 Å². The summed E-state index contributed by atoms with van der Waals surface area (Å²) in [5.41, 5.74) is 0. The van der Waals surface area contributed by atoms with Crippen LogP contribution in [-0.2, 0) is 33.3 Å². The van der Waals surface area contributed by atoms with Crippen LogP contribution in [-0.4, -0.2) is 82.3 Å². The first kappa shape index (κ1) is 85.0. The predicted molar refractivity (Wildman–Crippen MR) is 375 cm³/mol. The monoisotopic (exact) mass is 1240 g/mol. The van der Waals surface area contributed by atoms with Crippen molar-refractivity contribution in [2.75, 3.05) is 47.5 Å². The molecule has 2 atom stereocenters. The smallest absolute Gasteiger partial charge is 0.306 e. The molecule has 0 aliphatic carbocycles. The Hall–Kier alpha value is -3.01. The number of unbranched alkanes of at least 4 members (excludes halogenated alkanes) is 46. The third kappa shape index (κ3) is 70.4. The Morgan fingerprint density at radius 1 is 0.352 bits per heavy atom. The number of rotatable bonds is 71. The highest BCUT2D eigenvalue weighted by atomic mass is 16.7. The molecule has 0 radical (unpaired) electrons. The van der Waals surface area contributed by atoms with E-state index in [4.69, 9.17) is 18.9 Å². The van der Waals surface area contributed by atoms with Gasteiger partial charge in [0.2, 0.25) is 0 Å². The standard InChI is InChI=1S/C79H145NO8/c1-6-8-10-12-14-16-18-20-22-24-26-28-30-31-32-33-34-35-36-37-38-39-40-41-42-43-44-45-46-47-48-50-52-54-56-58-60-62-64-66-68-70-77(82)88-75(74-87-79(78(83)84)85-72-71-80(3,4)5)73-86-76(81)69-67-65-63-61-59-57-55-53-51-49-29-27-25-23-21-19-17-15-13-11-9-7-2/h8,10,14,16,20,22,26,28,31-32,75,79H,6-7,9,11-13,15,17-19,21,23-25,27,29-30,33-74H2,1-5H3/b10-8-,16-14-,22-20-,28-26-,32-31-. The van der Waals surface area contributed by atoms with Gasteiger partial charge in [0.25, 0.3) is 0 Å². The molecule has 0 rings (SSSR count). The highest BCUT2D eigenvalue weighted by molar-refractivity contribution is 5.70.